The van der Waals surface area contributed by atoms with Crippen LogP contribution < -0.4 is 0 Å². The number of aliphatic hydroxyl groups is 3. The first kappa shape index (κ1) is 25.7. The van der Waals surface area contributed by atoms with Gasteiger partial charge in [-0.1, -0.05) is 64.8 Å². The summed E-state index contributed by atoms with van der Waals surface area (Å²) in [7, 11) is 0. The lowest BCUT2D eigenvalue weighted by molar-refractivity contribution is 0.0178. The highest BCUT2D eigenvalue weighted by Crippen LogP contribution is 2.60. The van der Waals surface area contributed by atoms with E-state index >= 15 is 0 Å². The van der Waals surface area contributed by atoms with Crippen molar-refractivity contribution in [2.75, 3.05) is 0 Å². The number of aliphatic hydroxyl groups excluding tert-OH is 2. The second kappa shape index (κ2) is 10.6. The van der Waals surface area contributed by atoms with Crippen LogP contribution in [0.15, 0.2) is 35.5 Å². The minimum atomic E-state index is -0.616. The predicted octanol–water partition coefficient (Wildman–Crippen LogP) is 6.48. The minimum Gasteiger partial charge on any atom is -0.393 e. The van der Waals surface area contributed by atoms with E-state index in [2.05, 4.69) is 46.4 Å². The summed E-state index contributed by atoms with van der Waals surface area (Å²) in [4.78, 5) is 0. The fourth-order valence-electron chi connectivity index (χ4n) is 7.24. The first-order valence-electron chi connectivity index (χ1n) is 13.3. The van der Waals surface area contributed by atoms with Crippen LogP contribution in [-0.4, -0.2) is 33.1 Å². The second-order valence-corrected chi connectivity index (χ2v) is 11.5. The van der Waals surface area contributed by atoms with Crippen molar-refractivity contribution in [1.29, 1.82) is 0 Å². The van der Waals surface area contributed by atoms with Gasteiger partial charge >= 0.3 is 0 Å². The Kier molecular flexibility index (Phi) is 8.50. The molecule has 2 unspecified atom stereocenters. The molecule has 0 spiro atoms. The molecule has 3 N–H and O–H groups in total. The monoisotopic (exact) mass is 444 g/mol. The molecule has 3 saturated carbocycles. The molecule has 3 heteroatoms. The van der Waals surface area contributed by atoms with E-state index in [0.29, 0.717) is 30.1 Å². The van der Waals surface area contributed by atoms with E-state index in [4.69, 9.17) is 0 Å². The fraction of sp³-hybridized carbons (Fsp3) is 0.793. The second-order valence-electron chi connectivity index (χ2n) is 11.5. The summed E-state index contributed by atoms with van der Waals surface area (Å²) < 4.78 is 0. The third-order valence-corrected chi connectivity index (χ3v) is 9.61. The molecule has 3 aliphatic carbocycles. The Labute approximate surface area is 196 Å². The van der Waals surface area contributed by atoms with Gasteiger partial charge in [-0.05, 0) is 92.1 Å². The van der Waals surface area contributed by atoms with Crippen molar-refractivity contribution in [1.82, 2.24) is 0 Å². The quantitative estimate of drug-likeness (QED) is 0.401. The maximum atomic E-state index is 10.6. The van der Waals surface area contributed by atoms with E-state index < -0.39 is 17.8 Å². The normalized spacial score (nSPS) is 37.2. The van der Waals surface area contributed by atoms with Crippen molar-refractivity contribution in [3.05, 3.63) is 35.5 Å². The molecular weight excluding hydrogens is 396 g/mol. The summed E-state index contributed by atoms with van der Waals surface area (Å²) in [6.07, 6.45) is 15.7. The van der Waals surface area contributed by atoms with Gasteiger partial charge in [-0.25, -0.2) is 0 Å². The van der Waals surface area contributed by atoms with Gasteiger partial charge in [0.25, 0.3) is 0 Å². The minimum absolute atomic E-state index is 0.371. The van der Waals surface area contributed by atoms with Crippen LogP contribution in [0.1, 0.15) is 105 Å². The standard InChI is InChI=1S/C29H48O3/c1-6-29(32,7-2)17-8-10-20(3)25-14-15-26-22(11-9-16-28(25,26)5)12-13-23-18-24(30)19-27(31)21(23)4/h12-13,20,24-27,30-32H,4,6-11,14-19H2,1-3,5H3/b22-12?,23-13-/t20-,24-,25-,26?,27?,28-/m1/s1. The van der Waals surface area contributed by atoms with E-state index in [1.54, 1.807) is 5.57 Å². The molecular formula is C29H48O3. The fourth-order valence-corrected chi connectivity index (χ4v) is 7.24. The van der Waals surface area contributed by atoms with Gasteiger partial charge in [-0.2, -0.15) is 0 Å². The molecule has 3 aliphatic rings. The summed E-state index contributed by atoms with van der Waals surface area (Å²) in [6.45, 7) is 13.3. The summed E-state index contributed by atoms with van der Waals surface area (Å²) in [6, 6.07) is 0. The van der Waals surface area contributed by atoms with Gasteiger partial charge in [-0.3, -0.25) is 0 Å². The number of fused-ring (bicyclic) bond motifs is 1. The van der Waals surface area contributed by atoms with E-state index in [-0.39, 0.29) is 0 Å². The summed E-state index contributed by atoms with van der Waals surface area (Å²) in [5.41, 5.74) is 3.26. The lowest BCUT2D eigenvalue weighted by atomic mass is 9.60. The van der Waals surface area contributed by atoms with Crippen molar-refractivity contribution in [2.24, 2.45) is 23.2 Å². The van der Waals surface area contributed by atoms with Crippen molar-refractivity contribution in [3.63, 3.8) is 0 Å². The molecule has 0 bridgehead atoms. The first-order valence-corrected chi connectivity index (χ1v) is 13.3. The highest BCUT2D eigenvalue weighted by molar-refractivity contribution is 5.38. The summed E-state index contributed by atoms with van der Waals surface area (Å²) >= 11 is 0. The Balaban J connectivity index is 1.67. The van der Waals surface area contributed by atoms with Crippen molar-refractivity contribution < 1.29 is 15.3 Å². The van der Waals surface area contributed by atoms with Crippen LogP contribution in [0, 0.1) is 23.2 Å². The predicted molar refractivity (Wildman–Crippen MR) is 133 cm³/mol. The highest BCUT2D eigenvalue weighted by Gasteiger charge is 2.50. The van der Waals surface area contributed by atoms with Gasteiger partial charge in [0.2, 0.25) is 0 Å². The highest BCUT2D eigenvalue weighted by atomic mass is 16.3. The first-order chi connectivity index (χ1) is 15.1. The average molecular weight is 445 g/mol. The topological polar surface area (TPSA) is 60.7 Å². The average Bonchev–Trinajstić information content (AvgIpc) is 3.12. The molecule has 182 valence electrons. The van der Waals surface area contributed by atoms with Gasteiger partial charge in [-0.15, -0.1) is 0 Å². The molecule has 0 aromatic rings. The lowest BCUT2D eigenvalue weighted by Crippen LogP contribution is -2.36. The Morgan fingerprint density at radius 3 is 2.59 bits per heavy atom. The molecule has 0 radical (unpaired) electrons. The zero-order valence-electron chi connectivity index (χ0n) is 21.1. The third-order valence-electron chi connectivity index (χ3n) is 9.61. The van der Waals surface area contributed by atoms with Crippen LogP contribution in [0.2, 0.25) is 0 Å². The lowest BCUT2D eigenvalue weighted by Gasteiger charge is -2.44. The molecule has 3 rings (SSSR count). The Morgan fingerprint density at radius 2 is 1.91 bits per heavy atom. The Hall–Kier alpha value is -0.900. The van der Waals surface area contributed by atoms with Crippen LogP contribution in [0.5, 0.6) is 0 Å². The number of allylic oxidation sites excluding steroid dienone is 3. The van der Waals surface area contributed by atoms with E-state index in [0.717, 1.165) is 42.7 Å². The van der Waals surface area contributed by atoms with E-state index in [1.807, 2.05) is 0 Å². The summed E-state index contributed by atoms with van der Waals surface area (Å²) in [5, 5.41) is 30.9. The van der Waals surface area contributed by atoms with Crippen molar-refractivity contribution in [2.45, 2.75) is 123 Å². The van der Waals surface area contributed by atoms with Crippen LogP contribution in [0.3, 0.4) is 0 Å². The molecule has 3 nitrogen and oxygen atoms in total. The summed E-state index contributed by atoms with van der Waals surface area (Å²) in [5.74, 6) is 2.10. The number of hydrogen-bond acceptors (Lipinski definition) is 3. The van der Waals surface area contributed by atoms with Crippen LogP contribution in [0.4, 0.5) is 0 Å². The zero-order valence-corrected chi connectivity index (χ0v) is 21.1. The molecule has 0 aliphatic heterocycles. The zero-order chi connectivity index (χ0) is 23.5. The number of rotatable bonds is 8. The van der Waals surface area contributed by atoms with Gasteiger partial charge in [0.05, 0.1) is 17.8 Å². The molecule has 0 aromatic heterocycles. The molecule has 6 atom stereocenters. The molecule has 3 fully saturated rings. The molecule has 0 heterocycles. The van der Waals surface area contributed by atoms with Gasteiger partial charge < -0.3 is 15.3 Å². The van der Waals surface area contributed by atoms with E-state index in [9.17, 15) is 15.3 Å². The maximum absolute atomic E-state index is 10.6. The van der Waals surface area contributed by atoms with Crippen LogP contribution in [0.25, 0.3) is 0 Å². The van der Waals surface area contributed by atoms with Gasteiger partial charge in [0.15, 0.2) is 0 Å². The Morgan fingerprint density at radius 1 is 1.19 bits per heavy atom. The molecule has 0 aromatic carbocycles. The molecule has 32 heavy (non-hydrogen) atoms. The van der Waals surface area contributed by atoms with Gasteiger partial charge in [0, 0.05) is 6.42 Å². The molecule has 0 saturated heterocycles. The van der Waals surface area contributed by atoms with Crippen molar-refractivity contribution >= 4 is 0 Å². The van der Waals surface area contributed by atoms with Crippen molar-refractivity contribution in [3.8, 4) is 0 Å². The largest absolute Gasteiger partial charge is 0.393 e. The maximum Gasteiger partial charge on any atom is 0.0811 e. The van der Waals surface area contributed by atoms with Crippen LogP contribution >= 0.6 is 0 Å². The number of hydrogen-bond donors (Lipinski definition) is 3. The SMILES string of the molecule is C=C1/C(=C\C=C2CCC[C@@]3(C)C2CC[C@@H]3[C@H](C)CCCC(O)(CC)CC)C[C@@H](O)CC1O. The smallest absolute Gasteiger partial charge is 0.0811 e. The van der Waals surface area contributed by atoms with Crippen LogP contribution in [-0.2, 0) is 0 Å². The Bertz CT molecular complexity index is 716. The molecule has 0 amide bonds. The van der Waals surface area contributed by atoms with Gasteiger partial charge in [0.1, 0.15) is 0 Å². The third kappa shape index (κ3) is 5.42. The van der Waals surface area contributed by atoms with E-state index in [1.165, 1.54) is 38.5 Å².